The zero-order chi connectivity index (χ0) is 9.42. The van der Waals surface area contributed by atoms with Crippen LogP contribution in [-0.2, 0) is 0 Å². The van der Waals surface area contributed by atoms with E-state index in [0.29, 0.717) is 0 Å². The Labute approximate surface area is 86.0 Å². The third-order valence-electron chi connectivity index (χ3n) is 2.02. The van der Waals surface area contributed by atoms with Gasteiger partial charge in [-0.05, 0) is 18.6 Å². The molecular formula is C10H7NS2. The molecule has 13 heavy (non-hydrogen) atoms. The van der Waals surface area contributed by atoms with Crippen molar-refractivity contribution in [2.75, 3.05) is 0 Å². The second-order valence-electron chi connectivity index (χ2n) is 2.87. The average Bonchev–Trinajstić information content (AvgIpc) is 2.56. The van der Waals surface area contributed by atoms with Crippen LogP contribution in [0.3, 0.4) is 0 Å². The van der Waals surface area contributed by atoms with E-state index in [-0.39, 0.29) is 0 Å². The number of hydrogen-bond donors (Lipinski definition) is 1. The number of rotatable bonds is 0. The molecule has 3 heteroatoms. The minimum absolute atomic E-state index is 0.730. The van der Waals surface area contributed by atoms with E-state index in [1.54, 1.807) is 11.3 Å². The van der Waals surface area contributed by atoms with Gasteiger partial charge in [0.1, 0.15) is 6.07 Å². The van der Waals surface area contributed by atoms with E-state index in [2.05, 4.69) is 18.7 Å². The van der Waals surface area contributed by atoms with E-state index in [0.717, 1.165) is 15.8 Å². The Bertz CT molecular complexity index is 505. The van der Waals surface area contributed by atoms with Gasteiger partial charge in [0, 0.05) is 20.4 Å². The molecule has 2 rings (SSSR count). The molecule has 0 unspecified atom stereocenters. The molecule has 64 valence electrons. The highest BCUT2D eigenvalue weighted by Crippen LogP contribution is 2.32. The molecule has 0 radical (unpaired) electrons. The first-order valence-corrected chi connectivity index (χ1v) is 5.16. The van der Waals surface area contributed by atoms with Gasteiger partial charge in [-0.15, -0.1) is 24.0 Å². The number of nitrogens with zero attached hydrogens (tertiary/aromatic N) is 1. The summed E-state index contributed by atoms with van der Waals surface area (Å²) in [6.45, 7) is 2.05. The molecule has 0 saturated carbocycles. The summed E-state index contributed by atoms with van der Waals surface area (Å²) >= 11 is 5.95. The highest BCUT2D eigenvalue weighted by Gasteiger charge is 2.07. The van der Waals surface area contributed by atoms with Crippen LogP contribution in [0.5, 0.6) is 0 Å². The molecular weight excluding hydrogens is 198 g/mol. The predicted octanol–water partition coefficient (Wildman–Crippen LogP) is 3.37. The molecule has 0 aliphatic heterocycles. The van der Waals surface area contributed by atoms with Crippen molar-refractivity contribution in [2.24, 2.45) is 0 Å². The Balaban J connectivity index is 2.98. The first-order valence-electron chi connectivity index (χ1n) is 3.84. The molecule has 0 saturated heterocycles. The molecule has 0 N–H and O–H groups in total. The van der Waals surface area contributed by atoms with E-state index >= 15 is 0 Å². The summed E-state index contributed by atoms with van der Waals surface area (Å²) in [6, 6.07) is 6.15. The molecule has 0 atom stereocenters. The number of nitriles is 1. The number of thiophene rings is 1. The Morgan fingerprint density at radius 3 is 2.92 bits per heavy atom. The van der Waals surface area contributed by atoms with E-state index in [4.69, 9.17) is 5.26 Å². The Morgan fingerprint density at radius 2 is 2.23 bits per heavy atom. The summed E-state index contributed by atoms with van der Waals surface area (Å²) in [5.74, 6) is 0. The molecule has 0 aliphatic rings. The zero-order valence-corrected chi connectivity index (χ0v) is 8.75. The van der Waals surface area contributed by atoms with E-state index in [1.807, 2.05) is 24.4 Å². The van der Waals surface area contributed by atoms with Crippen molar-refractivity contribution in [1.29, 1.82) is 5.26 Å². The monoisotopic (exact) mass is 205 g/mol. The van der Waals surface area contributed by atoms with Crippen molar-refractivity contribution in [1.82, 2.24) is 0 Å². The van der Waals surface area contributed by atoms with Gasteiger partial charge in [-0.2, -0.15) is 5.26 Å². The third-order valence-corrected chi connectivity index (χ3v) is 3.51. The lowest BCUT2D eigenvalue weighted by Gasteiger charge is -1.98. The summed E-state index contributed by atoms with van der Waals surface area (Å²) < 4.78 is 1.17. The van der Waals surface area contributed by atoms with Crippen LogP contribution in [0.15, 0.2) is 22.4 Å². The average molecular weight is 205 g/mol. The van der Waals surface area contributed by atoms with Gasteiger partial charge in [0.25, 0.3) is 0 Å². The van der Waals surface area contributed by atoms with Crippen molar-refractivity contribution in [3.8, 4) is 6.07 Å². The van der Waals surface area contributed by atoms with Gasteiger partial charge in [-0.25, -0.2) is 0 Å². The molecule has 0 bridgehead atoms. The number of fused-ring (bicyclic) bond motifs is 1. The van der Waals surface area contributed by atoms with Gasteiger partial charge in [-0.1, -0.05) is 6.07 Å². The van der Waals surface area contributed by atoms with Crippen molar-refractivity contribution in [2.45, 2.75) is 11.8 Å². The normalized spacial score (nSPS) is 10.2. The Morgan fingerprint density at radius 1 is 1.46 bits per heavy atom. The van der Waals surface area contributed by atoms with Gasteiger partial charge in [0.2, 0.25) is 0 Å². The highest BCUT2D eigenvalue weighted by molar-refractivity contribution is 7.80. The number of thiol groups is 1. The van der Waals surface area contributed by atoms with Crippen molar-refractivity contribution >= 4 is 34.1 Å². The Kier molecular flexibility index (Phi) is 2.03. The molecule has 2 aromatic rings. The summed E-state index contributed by atoms with van der Waals surface area (Å²) in [7, 11) is 0. The maximum atomic E-state index is 8.86. The molecule has 1 aromatic carbocycles. The summed E-state index contributed by atoms with van der Waals surface area (Å²) in [6.07, 6.45) is 0. The van der Waals surface area contributed by atoms with Crippen LogP contribution in [0.25, 0.3) is 10.1 Å². The summed E-state index contributed by atoms with van der Waals surface area (Å²) in [4.78, 5) is 0.887. The van der Waals surface area contributed by atoms with E-state index in [9.17, 15) is 0 Å². The van der Waals surface area contributed by atoms with Crippen molar-refractivity contribution < 1.29 is 0 Å². The predicted molar refractivity (Wildman–Crippen MR) is 58.5 cm³/mol. The molecule has 1 aromatic heterocycles. The minimum Gasteiger partial charge on any atom is -0.192 e. The standard InChI is InChI=1S/C10H7NS2/c1-6-2-3-8(12)9-7(4-11)5-13-10(6)9/h2-3,5,12H,1H3. The van der Waals surface area contributed by atoms with Crippen LogP contribution in [0.1, 0.15) is 11.1 Å². The van der Waals surface area contributed by atoms with Crippen molar-refractivity contribution in [3.63, 3.8) is 0 Å². The summed E-state index contributed by atoms with van der Waals surface area (Å²) in [5.41, 5.74) is 1.94. The van der Waals surface area contributed by atoms with Gasteiger partial charge >= 0.3 is 0 Å². The molecule has 1 nitrogen and oxygen atoms in total. The molecule has 1 heterocycles. The van der Waals surface area contributed by atoms with Crippen LogP contribution in [0.4, 0.5) is 0 Å². The SMILES string of the molecule is Cc1ccc(S)c2c(C#N)csc12. The molecule has 0 spiro atoms. The number of benzene rings is 1. The number of aryl methyl sites for hydroxylation is 1. The minimum atomic E-state index is 0.730. The fourth-order valence-corrected chi connectivity index (χ4v) is 2.73. The maximum absolute atomic E-state index is 8.86. The second kappa shape index (κ2) is 3.06. The second-order valence-corrected chi connectivity index (χ2v) is 4.23. The molecule has 0 amide bonds. The highest BCUT2D eigenvalue weighted by atomic mass is 32.1. The fourth-order valence-electron chi connectivity index (χ4n) is 1.35. The lowest BCUT2D eigenvalue weighted by Crippen LogP contribution is -1.76. The first kappa shape index (κ1) is 8.61. The quantitative estimate of drug-likeness (QED) is 0.655. The van der Waals surface area contributed by atoms with Crippen LogP contribution in [0.2, 0.25) is 0 Å². The fraction of sp³-hybridized carbons (Fsp3) is 0.100. The first-order chi connectivity index (χ1) is 6.24. The summed E-state index contributed by atoms with van der Waals surface area (Å²) in [5, 5.41) is 11.7. The maximum Gasteiger partial charge on any atom is 0.101 e. The number of hydrogen-bond acceptors (Lipinski definition) is 3. The molecule has 0 aliphatic carbocycles. The van der Waals surface area contributed by atoms with E-state index in [1.165, 1.54) is 10.3 Å². The van der Waals surface area contributed by atoms with Gasteiger partial charge in [-0.3, -0.25) is 0 Å². The largest absolute Gasteiger partial charge is 0.192 e. The smallest absolute Gasteiger partial charge is 0.101 e. The van der Waals surface area contributed by atoms with Gasteiger partial charge in [0.15, 0.2) is 0 Å². The Hall–Kier alpha value is -0.980. The zero-order valence-electron chi connectivity index (χ0n) is 7.03. The van der Waals surface area contributed by atoms with Crippen LogP contribution >= 0.6 is 24.0 Å². The van der Waals surface area contributed by atoms with Gasteiger partial charge < -0.3 is 0 Å². The van der Waals surface area contributed by atoms with Crippen molar-refractivity contribution in [3.05, 3.63) is 28.6 Å². The lowest BCUT2D eigenvalue weighted by atomic mass is 10.1. The van der Waals surface area contributed by atoms with Gasteiger partial charge in [0.05, 0.1) is 5.56 Å². The third kappa shape index (κ3) is 1.23. The van der Waals surface area contributed by atoms with Crippen LogP contribution < -0.4 is 0 Å². The topological polar surface area (TPSA) is 23.8 Å². The van der Waals surface area contributed by atoms with Crippen LogP contribution in [0, 0.1) is 18.3 Å². The van der Waals surface area contributed by atoms with E-state index < -0.39 is 0 Å². The lowest BCUT2D eigenvalue weighted by molar-refractivity contribution is 1.47. The molecule has 0 fully saturated rings. The van der Waals surface area contributed by atoms with Crippen LogP contribution in [-0.4, -0.2) is 0 Å².